The number of anilines is 2. The molecular formula is C13H13ClN4OS. The molecule has 1 amide bonds. The molecule has 0 saturated heterocycles. The Hall–Kier alpha value is -1.66. The van der Waals surface area contributed by atoms with Gasteiger partial charge in [-0.2, -0.15) is 0 Å². The van der Waals surface area contributed by atoms with Crippen molar-refractivity contribution in [2.24, 2.45) is 0 Å². The molecule has 2 aromatic rings. The molecule has 1 aliphatic carbocycles. The Morgan fingerprint density at radius 2 is 2.20 bits per heavy atom. The lowest BCUT2D eigenvalue weighted by Crippen LogP contribution is -2.12. The number of aryl methyl sites for hydroxylation is 2. The predicted octanol–water partition coefficient (Wildman–Crippen LogP) is 2.90. The molecule has 20 heavy (non-hydrogen) atoms. The molecule has 0 unspecified atom stereocenters. The molecule has 2 aromatic heterocycles. The first-order valence-electron chi connectivity index (χ1n) is 6.34. The van der Waals surface area contributed by atoms with E-state index in [0.29, 0.717) is 10.7 Å². The van der Waals surface area contributed by atoms with E-state index < -0.39 is 0 Å². The van der Waals surface area contributed by atoms with Crippen molar-refractivity contribution in [2.45, 2.75) is 25.7 Å². The lowest BCUT2D eigenvalue weighted by molar-refractivity contribution is 0.102. The Bertz CT molecular complexity index is 647. The number of hydrogen-bond acceptors (Lipinski definition) is 5. The highest BCUT2D eigenvalue weighted by Crippen LogP contribution is 2.29. The van der Waals surface area contributed by atoms with Crippen LogP contribution in [0.25, 0.3) is 0 Å². The zero-order chi connectivity index (χ0) is 14.1. The largest absolute Gasteiger partial charge is 0.382 e. The number of halogens is 1. The zero-order valence-corrected chi connectivity index (χ0v) is 12.2. The molecule has 0 bridgehead atoms. The molecule has 7 heteroatoms. The van der Waals surface area contributed by atoms with E-state index in [9.17, 15) is 4.79 Å². The van der Waals surface area contributed by atoms with Crippen molar-refractivity contribution < 1.29 is 4.79 Å². The zero-order valence-electron chi connectivity index (χ0n) is 10.6. The van der Waals surface area contributed by atoms with Crippen molar-refractivity contribution in [3.8, 4) is 0 Å². The molecular weight excluding hydrogens is 296 g/mol. The fraction of sp³-hybridized carbons (Fsp3) is 0.308. The summed E-state index contributed by atoms with van der Waals surface area (Å²) in [6, 6.07) is 1.51. The quantitative estimate of drug-likeness (QED) is 0.894. The van der Waals surface area contributed by atoms with Gasteiger partial charge in [-0.15, -0.1) is 11.3 Å². The van der Waals surface area contributed by atoms with Crippen LogP contribution in [-0.4, -0.2) is 15.9 Å². The number of thiazole rings is 1. The monoisotopic (exact) mass is 308 g/mol. The van der Waals surface area contributed by atoms with Gasteiger partial charge in [-0.1, -0.05) is 11.6 Å². The number of nitrogens with two attached hydrogens (primary N) is 1. The number of amides is 1. The minimum absolute atomic E-state index is 0.216. The Labute approximate surface area is 125 Å². The Balaban J connectivity index is 1.78. The SMILES string of the molecule is Nc1ncc(C(=O)Nc2nc3c(s2)CCCC3)cc1Cl. The van der Waals surface area contributed by atoms with Gasteiger partial charge in [0.2, 0.25) is 0 Å². The van der Waals surface area contributed by atoms with Gasteiger partial charge in [-0.3, -0.25) is 10.1 Å². The van der Waals surface area contributed by atoms with Crippen molar-refractivity contribution in [3.63, 3.8) is 0 Å². The Kier molecular flexibility index (Phi) is 3.58. The van der Waals surface area contributed by atoms with Crippen molar-refractivity contribution in [2.75, 3.05) is 11.1 Å². The minimum Gasteiger partial charge on any atom is -0.382 e. The number of carbonyl (C=O) groups is 1. The van der Waals surface area contributed by atoms with E-state index in [2.05, 4.69) is 15.3 Å². The third-order valence-corrected chi connectivity index (χ3v) is 4.57. The maximum absolute atomic E-state index is 12.1. The van der Waals surface area contributed by atoms with E-state index in [1.807, 2.05) is 0 Å². The average molecular weight is 309 g/mol. The first kappa shape index (κ1) is 13.3. The molecule has 0 atom stereocenters. The van der Waals surface area contributed by atoms with Gasteiger partial charge in [0.15, 0.2) is 5.13 Å². The van der Waals surface area contributed by atoms with Gasteiger partial charge in [-0.25, -0.2) is 9.97 Å². The Morgan fingerprint density at radius 1 is 1.40 bits per heavy atom. The number of aromatic nitrogens is 2. The predicted molar refractivity (Wildman–Crippen MR) is 80.4 cm³/mol. The number of nitrogens with one attached hydrogen (secondary N) is 1. The Morgan fingerprint density at radius 3 is 2.95 bits per heavy atom. The van der Waals surface area contributed by atoms with Crippen LogP contribution in [0.2, 0.25) is 5.02 Å². The van der Waals surface area contributed by atoms with Gasteiger partial charge in [-0.05, 0) is 31.7 Å². The fourth-order valence-corrected chi connectivity index (χ4v) is 3.36. The maximum atomic E-state index is 12.1. The van der Waals surface area contributed by atoms with Crippen molar-refractivity contribution >= 4 is 39.8 Å². The van der Waals surface area contributed by atoms with Crippen LogP contribution in [0.15, 0.2) is 12.3 Å². The number of nitrogen functional groups attached to an aromatic ring is 1. The summed E-state index contributed by atoms with van der Waals surface area (Å²) in [6.45, 7) is 0. The molecule has 0 radical (unpaired) electrons. The number of hydrogen-bond donors (Lipinski definition) is 2. The van der Waals surface area contributed by atoms with Crippen LogP contribution in [0.1, 0.15) is 33.8 Å². The molecule has 3 N–H and O–H groups in total. The number of nitrogens with zero attached hydrogens (tertiary/aromatic N) is 2. The topological polar surface area (TPSA) is 80.9 Å². The molecule has 2 heterocycles. The fourth-order valence-electron chi connectivity index (χ4n) is 2.15. The van der Waals surface area contributed by atoms with E-state index in [0.717, 1.165) is 18.5 Å². The molecule has 0 fully saturated rings. The second-order valence-corrected chi connectivity index (χ2v) is 6.13. The lowest BCUT2D eigenvalue weighted by atomic mass is 10.0. The van der Waals surface area contributed by atoms with Gasteiger partial charge in [0.05, 0.1) is 16.3 Å². The van der Waals surface area contributed by atoms with E-state index in [1.54, 1.807) is 11.3 Å². The molecule has 3 rings (SSSR count). The summed E-state index contributed by atoms with van der Waals surface area (Å²) in [5.74, 6) is -0.0570. The second kappa shape index (κ2) is 5.38. The maximum Gasteiger partial charge on any atom is 0.259 e. The highest BCUT2D eigenvalue weighted by molar-refractivity contribution is 7.15. The van der Waals surface area contributed by atoms with Crippen LogP contribution in [0.3, 0.4) is 0 Å². The summed E-state index contributed by atoms with van der Waals surface area (Å²) in [5, 5.41) is 3.70. The smallest absolute Gasteiger partial charge is 0.259 e. The molecule has 5 nitrogen and oxygen atoms in total. The standard InChI is InChI=1S/C13H13ClN4OS/c14-8-5-7(6-16-11(8)15)12(19)18-13-17-9-3-1-2-4-10(9)20-13/h5-6H,1-4H2,(H2,15,16)(H,17,18,19). The summed E-state index contributed by atoms with van der Waals surface area (Å²) in [5.41, 5.74) is 7.01. The van der Waals surface area contributed by atoms with Crippen LogP contribution in [0.4, 0.5) is 10.9 Å². The molecule has 0 spiro atoms. The first-order valence-corrected chi connectivity index (χ1v) is 7.54. The van der Waals surface area contributed by atoms with Gasteiger partial charge in [0, 0.05) is 11.1 Å². The van der Waals surface area contributed by atoms with Gasteiger partial charge < -0.3 is 5.73 Å². The van der Waals surface area contributed by atoms with Gasteiger partial charge in [0.25, 0.3) is 5.91 Å². The van der Waals surface area contributed by atoms with Crippen molar-refractivity contribution in [1.82, 2.24) is 9.97 Å². The van der Waals surface area contributed by atoms with Crippen LogP contribution < -0.4 is 11.1 Å². The van der Waals surface area contributed by atoms with Crippen LogP contribution in [0.5, 0.6) is 0 Å². The average Bonchev–Trinajstić information content (AvgIpc) is 2.83. The van der Waals surface area contributed by atoms with E-state index in [1.165, 1.54) is 30.0 Å². The van der Waals surface area contributed by atoms with Crippen LogP contribution in [0, 0.1) is 0 Å². The number of pyridine rings is 1. The summed E-state index contributed by atoms with van der Waals surface area (Å²) < 4.78 is 0. The summed E-state index contributed by atoms with van der Waals surface area (Å²) in [4.78, 5) is 21.7. The third kappa shape index (κ3) is 2.62. The molecule has 0 aliphatic heterocycles. The number of carbonyl (C=O) groups excluding carboxylic acids is 1. The van der Waals surface area contributed by atoms with Crippen LogP contribution in [-0.2, 0) is 12.8 Å². The second-order valence-electron chi connectivity index (χ2n) is 4.64. The summed E-state index contributed by atoms with van der Waals surface area (Å²) >= 11 is 7.41. The van der Waals surface area contributed by atoms with E-state index in [-0.39, 0.29) is 16.7 Å². The summed E-state index contributed by atoms with van der Waals surface area (Å²) in [7, 11) is 0. The van der Waals surface area contributed by atoms with Gasteiger partial charge in [0.1, 0.15) is 5.82 Å². The number of fused-ring (bicyclic) bond motifs is 1. The van der Waals surface area contributed by atoms with Crippen molar-refractivity contribution in [3.05, 3.63) is 33.4 Å². The lowest BCUT2D eigenvalue weighted by Gasteiger charge is -2.06. The summed E-state index contributed by atoms with van der Waals surface area (Å²) in [6.07, 6.45) is 5.82. The molecule has 0 saturated carbocycles. The van der Waals surface area contributed by atoms with E-state index >= 15 is 0 Å². The van der Waals surface area contributed by atoms with Gasteiger partial charge >= 0.3 is 0 Å². The first-order chi connectivity index (χ1) is 9.63. The molecule has 1 aliphatic rings. The minimum atomic E-state index is -0.273. The highest BCUT2D eigenvalue weighted by Gasteiger charge is 2.17. The van der Waals surface area contributed by atoms with Crippen LogP contribution >= 0.6 is 22.9 Å². The normalized spacial score (nSPS) is 13.8. The third-order valence-electron chi connectivity index (χ3n) is 3.20. The molecule has 0 aromatic carbocycles. The van der Waals surface area contributed by atoms with E-state index in [4.69, 9.17) is 17.3 Å². The molecule has 104 valence electrons. The highest BCUT2D eigenvalue weighted by atomic mass is 35.5. The van der Waals surface area contributed by atoms with Crippen molar-refractivity contribution in [1.29, 1.82) is 0 Å². The number of rotatable bonds is 2.